The van der Waals surface area contributed by atoms with E-state index in [1.807, 2.05) is 18.4 Å². The molecule has 0 atom stereocenters. The molecule has 2 aromatic heterocycles. The van der Waals surface area contributed by atoms with Crippen LogP contribution in [0, 0.1) is 6.92 Å². The number of halogens is 1. The summed E-state index contributed by atoms with van der Waals surface area (Å²) in [5, 5.41) is 14.0. The van der Waals surface area contributed by atoms with Gasteiger partial charge in [-0.2, -0.15) is 5.10 Å². The summed E-state index contributed by atoms with van der Waals surface area (Å²) in [7, 11) is -0.0132. The standard InChI is InChI=1S/C25H36BrN5O5Si/c1-7-31-21(13-17(2)28-31)23(33)30(16-36-11-12-37(4,5)6)25-27-20-15-18(24(34)35-3)14-19(26)22(20)29(25)9-8-10-32/h13-15,32H,7-12,16H2,1-6H3. The number of carbonyl (C=O) groups is 2. The highest BCUT2D eigenvalue weighted by atomic mass is 79.9. The number of hydrogen-bond donors (Lipinski definition) is 1. The smallest absolute Gasteiger partial charge is 0.337 e. The van der Waals surface area contributed by atoms with Crippen molar-refractivity contribution in [3.8, 4) is 0 Å². The molecule has 1 aromatic carbocycles. The maximum atomic E-state index is 13.9. The van der Waals surface area contributed by atoms with E-state index in [2.05, 4.69) is 40.7 Å². The molecule has 12 heteroatoms. The predicted molar refractivity (Wildman–Crippen MR) is 149 cm³/mol. The van der Waals surface area contributed by atoms with Crippen LogP contribution in [-0.2, 0) is 22.6 Å². The zero-order valence-electron chi connectivity index (χ0n) is 22.4. The number of amides is 1. The summed E-state index contributed by atoms with van der Waals surface area (Å²) in [6.45, 7) is 12.0. The Morgan fingerprint density at radius 3 is 2.57 bits per heavy atom. The van der Waals surface area contributed by atoms with Gasteiger partial charge in [0, 0.05) is 38.8 Å². The van der Waals surface area contributed by atoms with Crippen molar-refractivity contribution in [2.24, 2.45) is 0 Å². The van der Waals surface area contributed by atoms with E-state index in [0.29, 0.717) is 58.8 Å². The Morgan fingerprint density at radius 1 is 1.22 bits per heavy atom. The van der Waals surface area contributed by atoms with E-state index in [4.69, 9.17) is 14.5 Å². The maximum Gasteiger partial charge on any atom is 0.337 e. The summed E-state index contributed by atoms with van der Waals surface area (Å²) in [6.07, 6.45) is 0.453. The highest BCUT2D eigenvalue weighted by molar-refractivity contribution is 9.10. The number of ether oxygens (including phenoxy) is 2. The minimum absolute atomic E-state index is 0.00117. The number of aryl methyl sites for hydroxylation is 3. The van der Waals surface area contributed by atoms with Gasteiger partial charge in [0.2, 0.25) is 5.95 Å². The summed E-state index contributed by atoms with van der Waals surface area (Å²) < 4.78 is 15.1. The first kappa shape index (κ1) is 29.0. The number of anilines is 1. The SMILES string of the molecule is CCn1nc(C)cc1C(=O)N(COCC[Si](C)(C)C)c1nc2cc(C(=O)OC)cc(Br)c2n1CCCO. The van der Waals surface area contributed by atoms with Gasteiger partial charge in [-0.3, -0.25) is 14.4 Å². The molecule has 0 aliphatic heterocycles. The molecule has 0 unspecified atom stereocenters. The quantitative estimate of drug-likeness (QED) is 0.143. The third-order valence-corrected chi connectivity index (χ3v) is 8.17. The van der Waals surface area contributed by atoms with Gasteiger partial charge in [0.1, 0.15) is 12.4 Å². The van der Waals surface area contributed by atoms with Gasteiger partial charge >= 0.3 is 5.97 Å². The van der Waals surface area contributed by atoms with E-state index >= 15 is 0 Å². The van der Waals surface area contributed by atoms with Gasteiger partial charge in [0.25, 0.3) is 5.91 Å². The first-order valence-corrected chi connectivity index (χ1v) is 16.8. The summed E-state index contributed by atoms with van der Waals surface area (Å²) in [5.74, 6) is -0.412. The lowest BCUT2D eigenvalue weighted by atomic mass is 10.2. The van der Waals surface area contributed by atoms with Crippen LogP contribution in [0.3, 0.4) is 0 Å². The Bertz CT molecular complexity index is 1270. The Morgan fingerprint density at radius 2 is 1.95 bits per heavy atom. The first-order valence-electron chi connectivity index (χ1n) is 12.3. The molecular weight excluding hydrogens is 558 g/mol. The van der Waals surface area contributed by atoms with E-state index in [0.717, 1.165) is 11.7 Å². The van der Waals surface area contributed by atoms with Gasteiger partial charge in [0.15, 0.2) is 0 Å². The molecule has 1 N–H and O–H groups in total. The number of aliphatic hydroxyl groups excluding tert-OH is 1. The van der Waals surface area contributed by atoms with Crippen molar-refractivity contribution in [2.45, 2.75) is 59.0 Å². The average Bonchev–Trinajstić information content (AvgIpc) is 3.41. The van der Waals surface area contributed by atoms with Crippen LogP contribution in [-0.4, -0.2) is 71.4 Å². The second kappa shape index (κ2) is 12.3. The molecule has 0 aliphatic carbocycles. The lowest BCUT2D eigenvalue weighted by molar-refractivity contribution is 0.0600. The van der Waals surface area contributed by atoms with Crippen LogP contribution in [0.5, 0.6) is 0 Å². The molecule has 0 fully saturated rings. The van der Waals surface area contributed by atoms with Gasteiger partial charge < -0.3 is 19.1 Å². The Hall–Kier alpha value is -2.54. The molecule has 37 heavy (non-hydrogen) atoms. The summed E-state index contributed by atoms with van der Waals surface area (Å²) in [4.78, 5) is 32.5. The molecule has 1 amide bonds. The van der Waals surface area contributed by atoms with Gasteiger partial charge in [-0.15, -0.1) is 0 Å². The van der Waals surface area contributed by atoms with Crippen molar-refractivity contribution >= 4 is 52.9 Å². The number of carbonyl (C=O) groups excluding carboxylic acids is 2. The number of esters is 1. The van der Waals surface area contributed by atoms with E-state index < -0.39 is 14.0 Å². The Kier molecular flexibility index (Phi) is 9.67. The molecule has 0 bridgehead atoms. The molecule has 3 rings (SSSR count). The van der Waals surface area contributed by atoms with Crippen molar-refractivity contribution in [3.05, 3.63) is 39.6 Å². The van der Waals surface area contributed by atoms with Crippen LogP contribution >= 0.6 is 15.9 Å². The van der Waals surface area contributed by atoms with Crippen molar-refractivity contribution in [1.82, 2.24) is 19.3 Å². The van der Waals surface area contributed by atoms with E-state index in [1.54, 1.807) is 22.9 Å². The number of aromatic nitrogens is 4. The number of hydrogen-bond acceptors (Lipinski definition) is 7. The van der Waals surface area contributed by atoms with Crippen LogP contribution in [0.15, 0.2) is 22.7 Å². The summed E-state index contributed by atoms with van der Waals surface area (Å²) in [6, 6.07) is 6.02. The maximum absolute atomic E-state index is 13.9. The second-order valence-corrected chi connectivity index (χ2v) is 16.5. The van der Waals surface area contributed by atoms with Crippen molar-refractivity contribution in [3.63, 3.8) is 0 Å². The largest absolute Gasteiger partial charge is 0.465 e. The van der Waals surface area contributed by atoms with Crippen LogP contribution in [0.2, 0.25) is 25.7 Å². The third-order valence-electron chi connectivity index (χ3n) is 5.86. The van der Waals surface area contributed by atoms with E-state index in [-0.39, 0.29) is 19.2 Å². The molecule has 0 saturated carbocycles. The summed E-state index contributed by atoms with van der Waals surface area (Å²) >= 11 is 3.57. The molecule has 0 spiro atoms. The molecule has 0 radical (unpaired) electrons. The van der Waals surface area contributed by atoms with E-state index in [1.165, 1.54) is 12.0 Å². The molecular formula is C25H36BrN5O5Si. The number of imidazole rings is 1. The van der Waals surface area contributed by atoms with Gasteiger partial charge in [-0.1, -0.05) is 19.6 Å². The summed E-state index contributed by atoms with van der Waals surface area (Å²) in [5.41, 5.74) is 2.73. The first-order chi connectivity index (χ1) is 17.5. The lowest BCUT2D eigenvalue weighted by Crippen LogP contribution is -2.37. The average molecular weight is 595 g/mol. The van der Waals surface area contributed by atoms with Gasteiger partial charge in [-0.25, -0.2) is 9.78 Å². The number of benzene rings is 1. The predicted octanol–water partition coefficient (Wildman–Crippen LogP) is 4.45. The molecule has 3 aromatic rings. The fourth-order valence-corrected chi connectivity index (χ4v) is 5.35. The lowest BCUT2D eigenvalue weighted by Gasteiger charge is -2.24. The van der Waals surface area contributed by atoms with Gasteiger partial charge in [-0.05, 0) is 60.4 Å². The highest BCUT2D eigenvalue weighted by Gasteiger charge is 2.28. The molecule has 0 aliphatic rings. The number of aliphatic hydroxyl groups is 1. The Balaban J connectivity index is 2.14. The fourth-order valence-electron chi connectivity index (χ4n) is 3.93. The fraction of sp³-hybridized carbons (Fsp3) is 0.520. The Labute approximate surface area is 226 Å². The van der Waals surface area contributed by atoms with Crippen LogP contribution in [0.4, 0.5) is 5.95 Å². The molecule has 0 saturated heterocycles. The van der Waals surface area contributed by atoms with E-state index in [9.17, 15) is 14.7 Å². The van der Waals surface area contributed by atoms with Crippen LogP contribution in [0.25, 0.3) is 11.0 Å². The highest BCUT2D eigenvalue weighted by Crippen LogP contribution is 2.32. The zero-order chi connectivity index (χ0) is 27.3. The number of rotatable bonds is 12. The number of methoxy groups -OCH3 is 1. The van der Waals surface area contributed by atoms with Crippen molar-refractivity contribution in [2.75, 3.05) is 32.0 Å². The van der Waals surface area contributed by atoms with Crippen LogP contribution < -0.4 is 4.90 Å². The van der Waals surface area contributed by atoms with Crippen molar-refractivity contribution < 1.29 is 24.2 Å². The number of fused-ring (bicyclic) bond motifs is 1. The normalized spacial score (nSPS) is 11.8. The van der Waals surface area contributed by atoms with Crippen LogP contribution in [0.1, 0.15) is 39.9 Å². The third kappa shape index (κ3) is 6.86. The number of nitrogens with zero attached hydrogens (tertiary/aromatic N) is 5. The topological polar surface area (TPSA) is 112 Å². The minimum Gasteiger partial charge on any atom is -0.465 e. The molecule has 10 nitrogen and oxygen atoms in total. The molecule has 2 heterocycles. The second-order valence-electron chi connectivity index (χ2n) is 10.0. The molecule has 202 valence electrons. The van der Waals surface area contributed by atoms with Gasteiger partial charge in [0.05, 0.1) is 29.4 Å². The van der Waals surface area contributed by atoms with Crippen molar-refractivity contribution in [1.29, 1.82) is 0 Å². The monoisotopic (exact) mass is 593 g/mol. The minimum atomic E-state index is -1.34. The zero-order valence-corrected chi connectivity index (χ0v) is 25.0.